The molecule has 15 heavy (non-hydrogen) atoms. The first kappa shape index (κ1) is 11.4. The van der Waals surface area contributed by atoms with E-state index in [0.717, 1.165) is 12.5 Å². The lowest BCUT2D eigenvalue weighted by molar-refractivity contribution is 0.0939. The fourth-order valence-corrected chi connectivity index (χ4v) is 3.40. The third-order valence-corrected chi connectivity index (χ3v) is 4.08. The lowest BCUT2D eigenvalue weighted by Gasteiger charge is -2.36. The predicted molar refractivity (Wildman–Crippen MR) is 62.9 cm³/mol. The van der Waals surface area contributed by atoms with Gasteiger partial charge in [-0.3, -0.25) is 4.90 Å². The molecule has 2 nitrogen and oxygen atoms in total. The minimum absolute atomic E-state index is 0.126. The molecule has 0 aromatic rings. The van der Waals surface area contributed by atoms with Crippen molar-refractivity contribution in [1.82, 2.24) is 4.90 Å². The van der Waals surface area contributed by atoms with Crippen LogP contribution >= 0.6 is 0 Å². The molecule has 1 heterocycles. The van der Waals surface area contributed by atoms with Crippen LogP contribution < -0.4 is 0 Å². The highest BCUT2D eigenvalue weighted by Crippen LogP contribution is 2.30. The maximum atomic E-state index is 9.50. The molecule has 1 aliphatic carbocycles. The molecule has 0 bridgehead atoms. The van der Waals surface area contributed by atoms with Gasteiger partial charge in [-0.15, -0.1) is 0 Å². The first-order chi connectivity index (χ1) is 7.27. The van der Waals surface area contributed by atoms with Crippen molar-refractivity contribution in [3.05, 3.63) is 0 Å². The Bertz CT molecular complexity index is 187. The average Bonchev–Trinajstić information content (AvgIpc) is 2.66. The number of hydrogen-bond acceptors (Lipinski definition) is 2. The molecule has 88 valence electrons. The normalized spacial score (nSPS) is 32.0. The quantitative estimate of drug-likeness (QED) is 0.775. The molecule has 1 N–H and O–H groups in total. The number of aliphatic hydroxyl groups excluding tert-OH is 1. The lowest BCUT2D eigenvalue weighted by atomic mass is 9.93. The van der Waals surface area contributed by atoms with Gasteiger partial charge in [-0.05, 0) is 45.6 Å². The van der Waals surface area contributed by atoms with Crippen LogP contribution in [0.2, 0.25) is 0 Å². The van der Waals surface area contributed by atoms with Crippen molar-refractivity contribution in [2.45, 2.75) is 76.5 Å². The summed E-state index contributed by atoms with van der Waals surface area (Å²) in [6.07, 6.45) is 10.6. The van der Waals surface area contributed by atoms with Gasteiger partial charge in [0, 0.05) is 12.1 Å². The highest BCUT2D eigenvalue weighted by molar-refractivity contribution is 4.87. The van der Waals surface area contributed by atoms with E-state index < -0.39 is 0 Å². The van der Waals surface area contributed by atoms with Gasteiger partial charge in [-0.25, -0.2) is 0 Å². The third kappa shape index (κ3) is 2.94. The Labute approximate surface area is 93.7 Å². The summed E-state index contributed by atoms with van der Waals surface area (Å²) >= 11 is 0. The first-order valence-corrected chi connectivity index (χ1v) is 6.71. The van der Waals surface area contributed by atoms with E-state index in [-0.39, 0.29) is 6.10 Å². The van der Waals surface area contributed by atoms with E-state index in [1.54, 1.807) is 0 Å². The van der Waals surface area contributed by atoms with Gasteiger partial charge in [0.2, 0.25) is 0 Å². The molecule has 1 aliphatic heterocycles. The van der Waals surface area contributed by atoms with E-state index in [0.29, 0.717) is 6.04 Å². The van der Waals surface area contributed by atoms with Crippen molar-refractivity contribution < 1.29 is 5.11 Å². The van der Waals surface area contributed by atoms with Crippen molar-refractivity contribution in [3.8, 4) is 0 Å². The summed E-state index contributed by atoms with van der Waals surface area (Å²) in [5.74, 6) is 0. The van der Waals surface area contributed by atoms with Crippen LogP contribution in [0.4, 0.5) is 0 Å². The molecule has 0 radical (unpaired) electrons. The monoisotopic (exact) mass is 211 g/mol. The van der Waals surface area contributed by atoms with E-state index >= 15 is 0 Å². The Morgan fingerprint density at radius 1 is 1.13 bits per heavy atom. The summed E-state index contributed by atoms with van der Waals surface area (Å²) in [7, 11) is 0. The van der Waals surface area contributed by atoms with E-state index in [4.69, 9.17) is 0 Å². The fraction of sp³-hybridized carbons (Fsp3) is 1.00. The van der Waals surface area contributed by atoms with Crippen LogP contribution in [0.5, 0.6) is 0 Å². The smallest absolute Gasteiger partial charge is 0.0527 e. The Hall–Kier alpha value is -0.0800. The summed E-state index contributed by atoms with van der Waals surface area (Å²) in [4.78, 5) is 2.70. The minimum atomic E-state index is -0.126. The predicted octanol–water partition coefficient (Wildman–Crippen LogP) is 2.55. The molecule has 2 fully saturated rings. The number of nitrogens with zero attached hydrogens (tertiary/aromatic N) is 1. The zero-order valence-corrected chi connectivity index (χ0v) is 9.99. The van der Waals surface area contributed by atoms with Crippen LogP contribution in [0.15, 0.2) is 0 Å². The van der Waals surface area contributed by atoms with Gasteiger partial charge < -0.3 is 5.11 Å². The standard InChI is InChI=1S/C13H25NO/c1-11(15)10-13-8-5-9-14(13)12-6-3-2-4-7-12/h11-13,15H,2-10H2,1H3. The summed E-state index contributed by atoms with van der Waals surface area (Å²) in [5, 5.41) is 9.50. The van der Waals surface area contributed by atoms with Crippen LogP contribution in [-0.4, -0.2) is 34.7 Å². The third-order valence-electron chi connectivity index (χ3n) is 4.08. The minimum Gasteiger partial charge on any atom is -0.393 e. The van der Waals surface area contributed by atoms with Crippen LogP contribution in [0, 0.1) is 0 Å². The lowest BCUT2D eigenvalue weighted by Crippen LogP contribution is -2.41. The number of rotatable bonds is 3. The molecular weight excluding hydrogens is 186 g/mol. The molecule has 2 unspecified atom stereocenters. The summed E-state index contributed by atoms with van der Waals surface area (Å²) in [6, 6.07) is 1.51. The topological polar surface area (TPSA) is 23.5 Å². The first-order valence-electron chi connectivity index (χ1n) is 6.71. The maximum absolute atomic E-state index is 9.50. The zero-order valence-electron chi connectivity index (χ0n) is 9.99. The zero-order chi connectivity index (χ0) is 10.7. The Balaban J connectivity index is 1.88. The summed E-state index contributed by atoms with van der Waals surface area (Å²) in [6.45, 7) is 3.21. The van der Waals surface area contributed by atoms with Crippen LogP contribution in [-0.2, 0) is 0 Å². The van der Waals surface area contributed by atoms with Gasteiger partial charge in [0.15, 0.2) is 0 Å². The van der Waals surface area contributed by atoms with Gasteiger partial charge in [0.05, 0.1) is 6.10 Å². The van der Waals surface area contributed by atoms with Gasteiger partial charge >= 0.3 is 0 Å². The van der Waals surface area contributed by atoms with Gasteiger partial charge in [0.1, 0.15) is 0 Å². The summed E-state index contributed by atoms with van der Waals surface area (Å²) in [5.41, 5.74) is 0. The molecule has 0 amide bonds. The largest absolute Gasteiger partial charge is 0.393 e. The second-order valence-electron chi connectivity index (χ2n) is 5.41. The highest BCUT2D eigenvalue weighted by Gasteiger charge is 2.31. The van der Waals surface area contributed by atoms with E-state index in [1.807, 2.05) is 6.92 Å². The Morgan fingerprint density at radius 2 is 1.87 bits per heavy atom. The highest BCUT2D eigenvalue weighted by atomic mass is 16.3. The van der Waals surface area contributed by atoms with Crippen molar-refractivity contribution in [2.75, 3.05) is 6.54 Å². The molecule has 2 atom stereocenters. The van der Waals surface area contributed by atoms with Gasteiger partial charge in [0.25, 0.3) is 0 Å². The summed E-state index contributed by atoms with van der Waals surface area (Å²) < 4.78 is 0. The number of hydrogen-bond donors (Lipinski definition) is 1. The van der Waals surface area contributed by atoms with E-state index in [2.05, 4.69) is 4.90 Å². The number of likely N-dealkylation sites (tertiary alicyclic amines) is 1. The van der Waals surface area contributed by atoms with Crippen molar-refractivity contribution >= 4 is 0 Å². The molecule has 2 heteroatoms. The molecule has 0 aromatic carbocycles. The average molecular weight is 211 g/mol. The molecule has 1 saturated carbocycles. The Kier molecular flexibility index (Phi) is 4.04. The van der Waals surface area contributed by atoms with E-state index in [9.17, 15) is 5.11 Å². The van der Waals surface area contributed by atoms with Crippen LogP contribution in [0.1, 0.15) is 58.3 Å². The van der Waals surface area contributed by atoms with Crippen LogP contribution in [0.25, 0.3) is 0 Å². The maximum Gasteiger partial charge on any atom is 0.0527 e. The molecule has 2 aliphatic rings. The second kappa shape index (κ2) is 5.31. The number of aliphatic hydroxyl groups is 1. The fourth-order valence-electron chi connectivity index (χ4n) is 3.40. The second-order valence-corrected chi connectivity index (χ2v) is 5.41. The van der Waals surface area contributed by atoms with Crippen LogP contribution in [0.3, 0.4) is 0 Å². The van der Waals surface area contributed by atoms with Crippen molar-refractivity contribution in [2.24, 2.45) is 0 Å². The van der Waals surface area contributed by atoms with Gasteiger partial charge in [-0.2, -0.15) is 0 Å². The van der Waals surface area contributed by atoms with Crippen molar-refractivity contribution in [3.63, 3.8) is 0 Å². The molecule has 0 spiro atoms. The SMILES string of the molecule is CC(O)CC1CCCN1C1CCCCC1. The molecule has 0 aromatic heterocycles. The van der Waals surface area contributed by atoms with Gasteiger partial charge in [-0.1, -0.05) is 19.3 Å². The molecular formula is C13H25NO. The van der Waals surface area contributed by atoms with Crippen molar-refractivity contribution in [1.29, 1.82) is 0 Å². The molecule has 2 rings (SSSR count). The molecule has 1 saturated heterocycles. The Morgan fingerprint density at radius 3 is 2.53 bits per heavy atom. The van der Waals surface area contributed by atoms with E-state index in [1.165, 1.54) is 51.5 Å².